The van der Waals surface area contributed by atoms with Gasteiger partial charge >= 0.3 is 12.6 Å². The SMILES string of the molecule is C#CN(C(F)(F)F)C(F)(F)F. The Kier molecular flexibility index (Phi) is 2.28. The van der Waals surface area contributed by atoms with Crippen LogP contribution in [0.15, 0.2) is 0 Å². The van der Waals surface area contributed by atoms with E-state index in [4.69, 9.17) is 0 Å². The topological polar surface area (TPSA) is 3.24 Å². The Labute approximate surface area is 57.6 Å². The van der Waals surface area contributed by atoms with Gasteiger partial charge in [-0.15, -0.1) is 31.2 Å². The van der Waals surface area contributed by atoms with Gasteiger partial charge < -0.3 is 0 Å². The summed E-state index contributed by atoms with van der Waals surface area (Å²) in [5, 5.41) is 0. The van der Waals surface area contributed by atoms with Crippen molar-refractivity contribution in [2.45, 2.75) is 12.6 Å². The van der Waals surface area contributed by atoms with Crippen molar-refractivity contribution in [2.24, 2.45) is 0 Å². The van der Waals surface area contributed by atoms with Crippen molar-refractivity contribution in [3.8, 4) is 12.5 Å². The molecule has 1 nitrogen and oxygen atoms in total. The Balaban J connectivity index is 4.60. The van der Waals surface area contributed by atoms with Crippen LogP contribution < -0.4 is 0 Å². The highest BCUT2D eigenvalue weighted by Gasteiger charge is 2.52. The molecule has 11 heavy (non-hydrogen) atoms. The van der Waals surface area contributed by atoms with E-state index in [9.17, 15) is 26.3 Å². The van der Waals surface area contributed by atoms with E-state index < -0.39 is 17.5 Å². The third-order valence-electron chi connectivity index (χ3n) is 0.636. The van der Waals surface area contributed by atoms with E-state index in [0.29, 0.717) is 6.04 Å². The van der Waals surface area contributed by atoms with Crippen molar-refractivity contribution in [3.63, 3.8) is 0 Å². The third kappa shape index (κ3) is 2.57. The summed E-state index contributed by atoms with van der Waals surface area (Å²) in [6.07, 6.45) is -7.17. The molecule has 0 aromatic heterocycles. The molecule has 64 valence electrons. The van der Waals surface area contributed by atoms with Crippen LogP contribution in [0.3, 0.4) is 0 Å². The first-order valence-corrected chi connectivity index (χ1v) is 2.09. The van der Waals surface area contributed by atoms with Gasteiger partial charge in [-0.05, 0) is 0 Å². The first kappa shape index (κ1) is 9.94. The van der Waals surface area contributed by atoms with Crippen LogP contribution in [0.5, 0.6) is 0 Å². The van der Waals surface area contributed by atoms with Gasteiger partial charge in [0, 0.05) is 6.04 Å². The molecule has 0 amide bonds. The maximum Gasteiger partial charge on any atom is 0.498 e. The monoisotopic (exact) mass is 177 g/mol. The largest absolute Gasteiger partial charge is 0.498 e. The Morgan fingerprint density at radius 2 is 1.18 bits per heavy atom. The molecule has 0 saturated carbocycles. The summed E-state index contributed by atoms with van der Waals surface area (Å²) in [6.45, 7) is 0. The summed E-state index contributed by atoms with van der Waals surface area (Å²) >= 11 is 0. The average molecular weight is 177 g/mol. The summed E-state index contributed by atoms with van der Waals surface area (Å²) in [7, 11) is 0. The van der Waals surface area contributed by atoms with Crippen LogP contribution in [0.4, 0.5) is 26.3 Å². The van der Waals surface area contributed by atoms with E-state index in [2.05, 4.69) is 6.42 Å². The van der Waals surface area contributed by atoms with E-state index in [1.54, 1.807) is 0 Å². The molecule has 7 heteroatoms. The van der Waals surface area contributed by atoms with E-state index in [0.717, 1.165) is 0 Å². The van der Waals surface area contributed by atoms with Crippen LogP contribution in [0.25, 0.3) is 0 Å². The number of hydrogen-bond acceptors (Lipinski definition) is 1. The van der Waals surface area contributed by atoms with E-state index in [1.165, 1.54) is 0 Å². The van der Waals surface area contributed by atoms with Gasteiger partial charge in [0.15, 0.2) is 0 Å². The third-order valence-corrected chi connectivity index (χ3v) is 0.636. The molecule has 0 rings (SSSR count). The maximum atomic E-state index is 11.3. The molecule has 0 aliphatic rings. The molecule has 0 saturated heterocycles. The number of halogens is 6. The van der Waals surface area contributed by atoms with Gasteiger partial charge in [0.05, 0.1) is 0 Å². The summed E-state index contributed by atoms with van der Waals surface area (Å²) in [5.41, 5.74) is 0. The number of nitrogens with zero attached hydrogens (tertiary/aromatic N) is 1. The lowest BCUT2D eigenvalue weighted by atomic mass is 10.8. The molecule has 0 fully saturated rings. The summed E-state index contributed by atoms with van der Waals surface area (Å²) in [6, 6.07) is 0.465. The highest BCUT2D eigenvalue weighted by atomic mass is 19.4. The standard InChI is InChI=1S/C4HF6N/c1-2-11(3(5,6)7)4(8,9)10/h1H. The predicted molar refractivity (Wildman–Crippen MR) is 22.8 cm³/mol. The minimum atomic E-state index is -5.58. The van der Waals surface area contributed by atoms with Crippen LogP contribution in [0, 0.1) is 12.5 Å². The second-order valence-electron chi connectivity index (χ2n) is 1.40. The van der Waals surface area contributed by atoms with E-state index >= 15 is 0 Å². The van der Waals surface area contributed by atoms with Crippen LogP contribution in [-0.2, 0) is 0 Å². The molecule has 0 radical (unpaired) electrons. The number of rotatable bonds is 0. The summed E-state index contributed by atoms with van der Waals surface area (Å²) < 4.78 is 67.7. The highest BCUT2D eigenvalue weighted by Crippen LogP contribution is 2.31. The molecule has 0 unspecified atom stereocenters. The molecule has 0 aromatic carbocycles. The van der Waals surface area contributed by atoms with Crippen molar-refractivity contribution in [2.75, 3.05) is 0 Å². The van der Waals surface area contributed by atoms with Crippen molar-refractivity contribution >= 4 is 0 Å². The molecular weight excluding hydrogens is 176 g/mol. The lowest BCUT2D eigenvalue weighted by Crippen LogP contribution is -2.44. The van der Waals surface area contributed by atoms with E-state index in [-0.39, 0.29) is 0 Å². The van der Waals surface area contributed by atoms with Crippen molar-refractivity contribution in [3.05, 3.63) is 0 Å². The Hall–Kier alpha value is -1.06. The van der Waals surface area contributed by atoms with Crippen molar-refractivity contribution in [1.82, 2.24) is 4.90 Å². The molecule has 0 aliphatic carbocycles. The second kappa shape index (κ2) is 2.53. The van der Waals surface area contributed by atoms with Crippen LogP contribution in [0.1, 0.15) is 0 Å². The lowest BCUT2D eigenvalue weighted by molar-refractivity contribution is -0.348. The van der Waals surface area contributed by atoms with E-state index in [1.807, 2.05) is 0 Å². The predicted octanol–water partition coefficient (Wildman–Crippen LogP) is 1.92. The normalized spacial score (nSPS) is 12.5. The first-order valence-electron chi connectivity index (χ1n) is 2.09. The van der Waals surface area contributed by atoms with Gasteiger partial charge in [-0.3, -0.25) is 0 Å². The molecule has 0 aromatic rings. The van der Waals surface area contributed by atoms with Crippen LogP contribution in [-0.4, -0.2) is 17.5 Å². The molecule has 0 spiro atoms. The Morgan fingerprint density at radius 1 is 0.909 bits per heavy atom. The van der Waals surface area contributed by atoms with Gasteiger partial charge in [-0.25, -0.2) is 0 Å². The molecular formula is C4HF6N. The van der Waals surface area contributed by atoms with Gasteiger partial charge in [0.2, 0.25) is 0 Å². The molecule has 0 aliphatic heterocycles. The molecule has 0 heterocycles. The Morgan fingerprint density at radius 3 is 1.18 bits per heavy atom. The smallest absolute Gasteiger partial charge is 0.149 e. The average Bonchev–Trinajstić information content (AvgIpc) is 1.56. The second-order valence-corrected chi connectivity index (χ2v) is 1.40. The maximum absolute atomic E-state index is 11.3. The fourth-order valence-electron chi connectivity index (χ4n) is 0.290. The summed E-state index contributed by atoms with van der Waals surface area (Å²) in [4.78, 5) is -1.97. The van der Waals surface area contributed by atoms with Crippen molar-refractivity contribution < 1.29 is 26.3 Å². The fraction of sp³-hybridized carbons (Fsp3) is 0.500. The zero-order chi connectivity index (χ0) is 9.28. The van der Waals surface area contributed by atoms with Gasteiger partial charge in [-0.1, -0.05) is 6.42 Å². The quantitative estimate of drug-likeness (QED) is 0.236. The zero-order valence-electron chi connectivity index (χ0n) is 4.79. The van der Waals surface area contributed by atoms with Crippen LogP contribution in [0.2, 0.25) is 0 Å². The lowest BCUT2D eigenvalue weighted by Gasteiger charge is -2.21. The van der Waals surface area contributed by atoms with Crippen molar-refractivity contribution in [1.29, 1.82) is 0 Å². The minimum absolute atomic E-state index is 0.465. The number of terminal acetylenes is 1. The summed E-state index contributed by atoms with van der Waals surface area (Å²) in [5.74, 6) is 0. The Bertz CT molecular complexity index is 156. The molecule has 0 bridgehead atoms. The van der Waals surface area contributed by atoms with Gasteiger partial charge in [0.25, 0.3) is 0 Å². The first-order chi connectivity index (χ1) is 4.69. The minimum Gasteiger partial charge on any atom is -0.149 e. The molecule has 0 N–H and O–H groups in total. The zero-order valence-corrected chi connectivity index (χ0v) is 4.79. The van der Waals surface area contributed by atoms with Gasteiger partial charge in [0.1, 0.15) is 0 Å². The number of alkyl halides is 6. The molecule has 0 atom stereocenters. The highest BCUT2D eigenvalue weighted by molar-refractivity contribution is 4.88. The number of hydrogen-bond donors (Lipinski definition) is 0. The van der Waals surface area contributed by atoms with Gasteiger partial charge in [-0.2, -0.15) is 0 Å². The fourth-order valence-corrected chi connectivity index (χ4v) is 0.290. The van der Waals surface area contributed by atoms with Crippen LogP contribution >= 0.6 is 0 Å².